The van der Waals surface area contributed by atoms with E-state index in [4.69, 9.17) is 0 Å². The van der Waals surface area contributed by atoms with Crippen LogP contribution in [0.4, 0.5) is 0 Å². The Hall–Kier alpha value is -2.50. The molecule has 0 aliphatic rings. The second-order valence-electron chi connectivity index (χ2n) is 6.55. The smallest absolute Gasteiger partial charge is 0.251 e. The van der Waals surface area contributed by atoms with E-state index in [-0.39, 0.29) is 5.91 Å². The summed E-state index contributed by atoms with van der Waals surface area (Å²) in [5, 5.41) is 4.57. The Labute approximate surface area is 149 Å². The van der Waals surface area contributed by atoms with E-state index in [1.807, 2.05) is 52.5 Å². The summed E-state index contributed by atoms with van der Waals surface area (Å²) in [7, 11) is 0. The molecule has 1 amide bonds. The Bertz CT molecular complexity index is 786. The van der Waals surface area contributed by atoms with Gasteiger partial charge in [-0.05, 0) is 47.6 Å². The zero-order valence-corrected chi connectivity index (χ0v) is 16.1. The molecule has 2 aromatic rings. The summed E-state index contributed by atoms with van der Waals surface area (Å²) in [4.78, 5) is 23.4. The van der Waals surface area contributed by atoms with Crippen molar-refractivity contribution in [1.29, 1.82) is 0 Å². The molecule has 0 radical (unpaired) electrons. The fraction of sp³-hybridized carbons (Fsp3) is 0.474. The molecule has 2 heterocycles. The molecular weight excluding hydrogens is 314 g/mol. The molecule has 0 spiro atoms. The summed E-state index contributed by atoms with van der Waals surface area (Å²) in [5.41, 5.74) is 5.44. The average molecular weight is 341 g/mol. The first-order valence-corrected chi connectivity index (χ1v) is 8.52. The highest BCUT2D eigenvalue weighted by atomic mass is 16.2. The lowest BCUT2D eigenvalue weighted by Gasteiger charge is -2.21. The van der Waals surface area contributed by atoms with Crippen LogP contribution in [0.1, 0.15) is 42.2 Å². The van der Waals surface area contributed by atoms with Gasteiger partial charge in [-0.15, -0.1) is 0 Å². The average Bonchev–Trinajstić information content (AvgIpc) is 2.79. The van der Waals surface area contributed by atoms with Crippen molar-refractivity contribution in [2.45, 2.75) is 48.0 Å². The predicted molar refractivity (Wildman–Crippen MR) is 98.9 cm³/mol. The lowest BCUT2D eigenvalue weighted by molar-refractivity contribution is -0.129. The molecular formula is C19H27N5O. The summed E-state index contributed by atoms with van der Waals surface area (Å²) >= 11 is 0. The van der Waals surface area contributed by atoms with Crippen molar-refractivity contribution in [3.8, 4) is 5.95 Å². The summed E-state index contributed by atoms with van der Waals surface area (Å²) in [5.74, 6) is 0.628. The lowest BCUT2D eigenvalue weighted by Crippen LogP contribution is -2.33. The standard InChI is InChI=1S/C19H27N5O/c1-8-23(11-12(2)3)18(25)10-17-15(6)22-24(16(17)7)19-20-13(4)9-14(5)21-19/h9H,2,8,10-11H2,1,3-7H3. The number of likely N-dealkylation sites (N-methyl/N-ethyl adjacent to an activating group) is 1. The van der Waals surface area contributed by atoms with E-state index in [0.717, 1.165) is 33.9 Å². The van der Waals surface area contributed by atoms with Crippen LogP contribution < -0.4 is 0 Å². The predicted octanol–water partition coefficient (Wildman–Crippen LogP) is 2.86. The SMILES string of the molecule is C=C(C)CN(CC)C(=O)Cc1c(C)nn(-c2nc(C)cc(C)n2)c1C. The van der Waals surface area contributed by atoms with Gasteiger partial charge in [0.1, 0.15) is 0 Å². The van der Waals surface area contributed by atoms with Crippen molar-refractivity contribution in [2.24, 2.45) is 0 Å². The highest BCUT2D eigenvalue weighted by molar-refractivity contribution is 5.79. The number of rotatable bonds is 6. The number of hydrogen-bond acceptors (Lipinski definition) is 4. The molecule has 6 nitrogen and oxygen atoms in total. The van der Waals surface area contributed by atoms with Gasteiger partial charge in [0.2, 0.25) is 5.91 Å². The zero-order chi connectivity index (χ0) is 18.7. The highest BCUT2D eigenvalue weighted by Gasteiger charge is 2.20. The van der Waals surface area contributed by atoms with E-state index >= 15 is 0 Å². The van der Waals surface area contributed by atoms with Gasteiger partial charge in [0, 0.05) is 35.7 Å². The van der Waals surface area contributed by atoms with Crippen molar-refractivity contribution in [3.05, 3.63) is 46.6 Å². The van der Waals surface area contributed by atoms with Gasteiger partial charge in [-0.25, -0.2) is 14.6 Å². The maximum atomic E-state index is 12.7. The summed E-state index contributed by atoms with van der Waals surface area (Å²) in [6, 6.07) is 1.93. The van der Waals surface area contributed by atoms with Gasteiger partial charge in [0.25, 0.3) is 5.95 Å². The quantitative estimate of drug-likeness (QED) is 0.758. The molecule has 0 aliphatic carbocycles. The van der Waals surface area contributed by atoms with Crippen molar-refractivity contribution in [3.63, 3.8) is 0 Å². The van der Waals surface area contributed by atoms with E-state index in [9.17, 15) is 4.79 Å². The largest absolute Gasteiger partial charge is 0.339 e. The monoisotopic (exact) mass is 341 g/mol. The third-order valence-corrected chi connectivity index (χ3v) is 4.12. The molecule has 6 heteroatoms. The maximum absolute atomic E-state index is 12.7. The van der Waals surface area contributed by atoms with Gasteiger partial charge in [-0.2, -0.15) is 5.10 Å². The maximum Gasteiger partial charge on any atom is 0.251 e. The number of carbonyl (C=O) groups excluding carboxylic acids is 1. The molecule has 134 valence electrons. The second-order valence-corrected chi connectivity index (χ2v) is 6.55. The minimum absolute atomic E-state index is 0.0811. The number of hydrogen-bond donors (Lipinski definition) is 0. The third kappa shape index (κ3) is 4.32. The van der Waals surface area contributed by atoms with Gasteiger partial charge in [-0.1, -0.05) is 12.2 Å². The topological polar surface area (TPSA) is 63.9 Å². The molecule has 0 fully saturated rings. The molecule has 0 aliphatic heterocycles. The number of amides is 1. The van der Waals surface area contributed by atoms with E-state index in [2.05, 4.69) is 21.6 Å². The summed E-state index contributed by atoms with van der Waals surface area (Å²) < 4.78 is 1.73. The minimum Gasteiger partial charge on any atom is -0.339 e. The zero-order valence-electron chi connectivity index (χ0n) is 16.1. The first-order valence-electron chi connectivity index (χ1n) is 8.52. The lowest BCUT2D eigenvalue weighted by atomic mass is 10.1. The number of aromatic nitrogens is 4. The molecule has 0 atom stereocenters. The Morgan fingerprint density at radius 1 is 1.20 bits per heavy atom. The van der Waals surface area contributed by atoms with Crippen LogP contribution in [0.3, 0.4) is 0 Å². The third-order valence-electron chi connectivity index (χ3n) is 4.12. The van der Waals surface area contributed by atoms with Crippen LogP contribution in [0, 0.1) is 27.7 Å². The van der Waals surface area contributed by atoms with Crippen LogP contribution in [0.5, 0.6) is 0 Å². The van der Waals surface area contributed by atoms with Gasteiger partial charge >= 0.3 is 0 Å². The fourth-order valence-electron chi connectivity index (χ4n) is 2.89. The van der Waals surface area contributed by atoms with Crippen LogP contribution in [-0.4, -0.2) is 43.6 Å². The second kappa shape index (κ2) is 7.59. The number of nitrogens with zero attached hydrogens (tertiary/aromatic N) is 5. The molecule has 0 bridgehead atoms. The van der Waals surface area contributed by atoms with Gasteiger partial charge < -0.3 is 4.90 Å². The molecule has 0 saturated carbocycles. The Morgan fingerprint density at radius 3 is 2.32 bits per heavy atom. The van der Waals surface area contributed by atoms with Crippen molar-refractivity contribution in [1.82, 2.24) is 24.6 Å². The van der Waals surface area contributed by atoms with E-state index < -0.39 is 0 Å². The summed E-state index contributed by atoms with van der Waals surface area (Å²) in [6.07, 6.45) is 0.323. The molecule has 0 aromatic carbocycles. The van der Waals surface area contributed by atoms with Crippen LogP contribution in [0.2, 0.25) is 0 Å². The first kappa shape index (κ1) is 18.8. The molecule has 2 aromatic heterocycles. The Morgan fingerprint density at radius 2 is 1.80 bits per heavy atom. The minimum atomic E-state index is 0.0811. The first-order chi connectivity index (χ1) is 11.7. The molecule has 25 heavy (non-hydrogen) atoms. The van der Waals surface area contributed by atoms with E-state index in [1.165, 1.54) is 0 Å². The van der Waals surface area contributed by atoms with Crippen LogP contribution in [0.25, 0.3) is 5.95 Å². The highest BCUT2D eigenvalue weighted by Crippen LogP contribution is 2.18. The fourth-order valence-corrected chi connectivity index (χ4v) is 2.89. The molecule has 2 rings (SSSR count). The van der Waals surface area contributed by atoms with Gasteiger partial charge in [0.15, 0.2) is 0 Å². The Balaban J connectivity index is 2.33. The molecule has 0 saturated heterocycles. The van der Waals surface area contributed by atoms with Gasteiger partial charge in [0.05, 0.1) is 12.1 Å². The normalized spacial score (nSPS) is 10.8. The van der Waals surface area contributed by atoms with E-state index in [1.54, 1.807) is 4.68 Å². The number of carbonyl (C=O) groups is 1. The van der Waals surface area contributed by atoms with Crippen molar-refractivity contribution >= 4 is 5.91 Å². The molecule has 0 unspecified atom stereocenters. The van der Waals surface area contributed by atoms with E-state index in [0.29, 0.717) is 25.5 Å². The molecule has 0 N–H and O–H groups in total. The van der Waals surface area contributed by atoms with Gasteiger partial charge in [-0.3, -0.25) is 4.79 Å². The van der Waals surface area contributed by atoms with Crippen LogP contribution in [-0.2, 0) is 11.2 Å². The number of aryl methyl sites for hydroxylation is 3. The van der Waals surface area contributed by atoms with Crippen LogP contribution >= 0.6 is 0 Å². The van der Waals surface area contributed by atoms with Crippen molar-refractivity contribution < 1.29 is 4.79 Å². The summed E-state index contributed by atoms with van der Waals surface area (Å²) in [6.45, 7) is 16.8. The van der Waals surface area contributed by atoms with Crippen LogP contribution in [0.15, 0.2) is 18.2 Å². The van der Waals surface area contributed by atoms with Crippen molar-refractivity contribution in [2.75, 3.05) is 13.1 Å². The Kier molecular flexibility index (Phi) is 5.72.